The summed E-state index contributed by atoms with van der Waals surface area (Å²) in [6.07, 6.45) is -0.583. The predicted molar refractivity (Wildman–Crippen MR) is 126 cm³/mol. The monoisotopic (exact) mass is 493 g/mol. The molecule has 1 saturated heterocycles. The Balaban J connectivity index is 0.00000324. The first-order chi connectivity index (χ1) is 15.7. The molecule has 0 bridgehead atoms. The molecular formula is C20H24ClN7O6. The van der Waals surface area contributed by atoms with Crippen LogP contribution < -0.4 is 31.7 Å². The first kappa shape index (κ1) is 24.6. The molecule has 3 heterocycles. The Kier molecular flexibility index (Phi) is 7.15. The number of aliphatic carboxylic acids is 2. The number of hydrogen-bond donors (Lipinski definition) is 6. The van der Waals surface area contributed by atoms with Crippen molar-refractivity contribution in [3.05, 3.63) is 40.2 Å². The fourth-order valence-electron chi connectivity index (χ4n) is 4.00. The summed E-state index contributed by atoms with van der Waals surface area (Å²) in [6, 6.07) is 5.35. The number of H-pyrrole nitrogens is 1. The number of aromatic amines is 1. The van der Waals surface area contributed by atoms with Crippen molar-refractivity contribution >= 4 is 53.4 Å². The quantitative estimate of drug-likeness (QED) is 0.301. The second-order valence-electron chi connectivity index (χ2n) is 7.86. The van der Waals surface area contributed by atoms with E-state index in [2.05, 4.69) is 20.6 Å². The Labute approximate surface area is 199 Å². The highest BCUT2D eigenvalue weighted by atomic mass is 35.5. The van der Waals surface area contributed by atoms with Gasteiger partial charge in [0.15, 0.2) is 5.82 Å². The topological polar surface area (TPSA) is 194 Å². The zero-order valence-corrected chi connectivity index (χ0v) is 18.7. The van der Waals surface area contributed by atoms with Crippen molar-refractivity contribution in [3.63, 3.8) is 0 Å². The minimum absolute atomic E-state index is 0. The lowest BCUT2D eigenvalue weighted by Gasteiger charge is -2.31. The molecule has 2 aliphatic heterocycles. The first-order valence-corrected chi connectivity index (χ1v) is 10.2. The Morgan fingerprint density at radius 3 is 2.59 bits per heavy atom. The number of carboxylic acid groups (broad SMARTS) is 2. The molecule has 13 nitrogen and oxygen atoms in total. The zero-order chi connectivity index (χ0) is 23.7. The van der Waals surface area contributed by atoms with Crippen LogP contribution in [0.2, 0.25) is 0 Å². The number of rotatable bonds is 7. The molecule has 0 radical (unpaired) electrons. The molecule has 2 atom stereocenters. The maximum Gasteiger partial charge on any atom is 0.326 e. The van der Waals surface area contributed by atoms with Crippen LogP contribution in [0.1, 0.15) is 23.2 Å². The van der Waals surface area contributed by atoms with Crippen LogP contribution in [0.4, 0.5) is 23.1 Å². The number of carboxylic acids is 2. The van der Waals surface area contributed by atoms with Crippen molar-refractivity contribution in [1.82, 2.24) is 15.3 Å². The lowest BCUT2D eigenvalue weighted by Crippen LogP contribution is -2.44. The number of aromatic nitrogens is 2. The molecule has 7 N–H and O–H groups in total. The molecular weight excluding hydrogens is 470 g/mol. The largest absolute Gasteiger partial charge is 0.481 e. The standard InChI is InChI=1S/C20H23N7O6.ClH/c21-20-24-16-15(18(31)25-20)27-9-26(8-12(27)7-22-16)11-3-1-10(2-4-11)17(30)23-13(19(32)33)5-6-14(28)29;/h1-4,12-13H,5-9H2,(H,23,30)(H,28,29)(H,32,33)(H4,21,22,24,25,31);1H/t12-,13+;/m1./s1. The normalized spacial score (nSPS) is 17.0. The van der Waals surface area contributed by atoms with E-state index in [9.17, 15) is 24.3 Å². The van der Waals surface area contributed by atoms with Crippen molar-refractivity contribution in [3.8, 4) is 0 Å². The summed E-state index contributed by atoms with van der Waals surface area (Å²) in [5.41, 5.74) is 6.81. The number of nitrogens with zero attached hydrogens (tertiary/aromatic N) is 3. The lowest BCUT2D eigenvalue weighted by atomic mass is 10.1. The lowest BCUT2D eigenvalue weighted by molar-refractivity contribution is -0.140. The van der Waals surface area contributed by atoms with Crippen LogP contribution >= 0.6 is 12.4 Å². The zero-order valence-electron chi connectivity index (χ0n) is 17.9. The number of benzene rings is 1. The van der Waals surface area contributed by atoms with Gasteiger partial charge in [-0.1, -0.05) is 0 Å². The van der Waals surface area contributed by atoms with Crippen LogP contribution in [-0.4, -0.2) is 69.9 Å². The van der Waals surface area contributed by atoms with Crippen LogP contribution in [-0.2, 0) is 9.59 Å². The number of halogens is 1. The molecule has 14 heteroatoms. The fourth-order valence-corrected chi connectivity index (χ4v) is 4.00. The number of amides is 1. The molecule has 0 aliphatic carbocycles. The smallest absolute Gasteiger partial charge is 0.326 e. The second kappa shape index (κ2) is 9.87. The molecule has 0 saturated carbocycles. The Morgan fingerprint density at radius 1 is 1.24 bits per heavy atom. The molecule has 1 amide bonds. The van der Waals surface area contributed by atoms with Crippen LogP contribution in [0.5, 0.6) is 0 Å². The van der Waals surface area contributed by atoms with Gasteiger partial charge < -0.3 is 36.4 Å². The van der Waals surface area contributed by atoms with Gasteiger partial charge in [-0.3, -0.25) is 19.4 Å². The minimum atomic E-state index is -1.30. The van der Waals surface area contributed by atoms with Gasteiger partial charge in [-0.2, -0.15) is 4.98 Å². The highest BCUT2D eigenvalue weighted by molar-refractivity contribution is 5.97. The van der Waals surface area contributed by atoms with Gasteiger partial charge in [0.25, 0.3) is 11.5 Å². The van der Waals surface area contributed by atoms with Crippen LogP contribution in [0.25, 0.3) is 0 Å². The number of nitrogens with one attached hydrogen (secondary N) is 3. The van der Waals surface area contributed by atoms with Crippen LogP contribution in [0.3, 0.4) is 0 Å². The fraction of sp³-hybridized carbons (Fsp3) is 0.350. The van der Waals surface area contributed by atoms with E-state index in [-0.39, 0.29) is 48.4 Å². The Morgan fingerprint density at radius 2 is 1.94 bits per heavy atom. The maximum absolute atomic E-state index is 12.4. The summed E-state index contributed by atoms with van der Waals surface area (Å²) in [6.45, 7) is 1.67. The summed E-state index contributed by atoms with van der Waals surface area (Å²) in [4.78, 5) is 57.5. The number of carbonyl (C=O) groups is 3. The van der Waals surface area contributed by atoms with E-state index in [1.165, 1.54) is 0 Å². The highest BCUT2D eigenvalue weighted by Gasteiger charge is 2.37. The minimum Gasteiger partial charge on any atom is -0.481 e. The molecule has 0 unspecified atom stereocenters. The SMILES string of the molecule is Cl.Nc1nc2c(c(=O)[nH]1)N1CN(c3ccc(C(=O)N[C@@H](CCC(=O)O)C(=O)O)cc3)C[C@H]1CN2. The Hall–Kier alpha value is -4.00. The van der Waals surface area contributed by atoms with E-state index >= 15 is 0 Å². The van der Waals surface area contributed by atoms with Crippen LogP contribution in [0, 0.1) is 0 Å². The summed E-state index contributed by atoms with van der Waals surface area (Å²) >= 11 is 0. The summed E-state index contributed by atoms with van der Waals surface area (Å²) < 4.78 is 0. The number of carbonyl (C=O) groups excluding carboxylic acids is 1. The van der Waals surface area contributed by atoms with Gasteiger partial charge in [0, 0.05) is 30.8 Å². The van der Waals surface area contributed by atoms with Crippen molar-refractivity contribution in [2.75, 3.05) is 40.6 Å². The number of nitrogens with two attached hydrogens (primary N) is 1. The third-order valence-corrected chi connectivity index (χ3v) is 5.65. The molecule has 1 fully saturated rings. The van der Waals surface area contributed by atoms with E-state index < -0.39 is 23.9 Å². The number of hydrogen-bond acceptors (Lipinski definition) is 9. The van der Waals surface area contributed by atoms with Crippen LogP contribution in [0.15, 0.2) is 29.1 Å². The molecule has 2 aliphatic rings. The van der Waals surface area contributed by atoms with E-state index in [4.69, 9.17) is 10.8 Å². The highest BCUT2D eigenvalue weighted by Crippen LogP contribution is 2.32. The van der Waals surface area contributed by atoms with E-state index in [1.807, 2.05) is 9.80 Å². The van der Waals surface area contributed by atoms with Gasteiger partial charge >= 0.3 is 11.9 Å². The van der Waals surface area contributed by atoms with Crippen molar-refractivity contribution in [1.29, 1.82) is 0 Å². The van der Waals surface area contributed by atoms with Gasteiger partial charge in [-0.25, -0.2) is 4.79 Å². The van der Waals surface area contributed by atoms with Gasteiger partial charge in [-0.05, 0) is 30.7 Å². The molecule has 182 valence electrons. The van der Waals surface area contributed by atoms with Gasteiger partial charge in [0.05, 0.1) is 12.7 Å². The summed E-state index contributed by atoms with van der Waals surface area (Å²) in [7, 11) is 0. The average molecular weight is 494 g/mol. The number of anilines is 4. The van der Waals surface area contributed by atoms with E-state index in [0.717, 1.165) is 5.69 Å². The third-order valence-electron chi connectivity index (χ3n) is 5.65. The van der Waals surface area contributed by atoms with Gasteiger partial charge in [-0.15, -0.1) is 12.4 Å². The summed E-state index contributed by atoms with van der Waals surface area (Å²) in [5.74, 6) is -2.55. The van der Waals surface area contributed by atoms with E-state index in [0.29, 0.717) is 31.3 Å². The molecule has 34 heavy (non-hydrogen) atoms. The maximum atomic E-state index is 12.4. The van der Waals surface area contributed by atoms with Crippen molar-refractivity contribution in [2.24, 2.45) is 0 Å². The third kappa shape index (κ3) is 4.98. The molecule has 1 aromatic heterocycles. The summed E-state index contributed by atoms with van der Waals surface area (Å²) in [5, 5.41) is 23.4. The van der Waals surface area contributed by atoms with E-state index in [1.54, 1.807) is 24.3 Å². The van der Waals surface area contributed by atoms with Gasteiger partial charge in [0.1, 0.15) is 11.7 Å². The van der Waals surface area contributed by atoms with Crippen molar-refractivity contribution < 1.29 is 24.6 Å². The number of nitrogen functional groups attached to an aromatic ring is 1. The molecule has 4 rings (SSSR count). The average Bonchev–Trinajstić information content (AvgIpc) is 3.20. The van der Waals surface area contributed by atoms with Crippen molar-refractivity contribution in [2.45, 2.75) is 24.9 Å². The molecule has 1 aromatic carbocycles. The first-order valence-electron chi connectivity index (χ1n) is 10.2. The second-order valence-corrected chi connectivity index (χ2v) is 7.86. The predicted octanol–water partition coefficient (Wildman–Crippen LogP) is -0.100. The Bertz CT molecular complexity index is 1160. The number of fused-ring (bicyclic) bond motifs is 3. The van der Waals surface area contributed by atoms with Gasteiger partial charge in [0.2, 0.25) is 5.95 Å². The molecule has 0 spiro atoms. The molecule has 2 aromatic rings.